The number of ether oxygens (including phenoxy) is 1. The van der Waals surface area contributed by atoms with Gasteiger partial charge in [0.25, 0.3) is 0 Å². The molecule has 0 bridgehead atoms. The van der Waals surface area contributed by atoms with Gasteiger partial charge in [-0.1, -0.05) is 64.3 Å². The zero-order valence-corrected chi connectivity index (χ0v) is 20.7. The predicted octanol–water partition coefficient (Wildman–Crippen LogP) is 3.54. The molecule has 0 aromatic carbocycles. The van der Waals surface area contributed by atoms with Gasteiger partial charge >= 0.3 is 35.5 Å². The summed E-state index contributed by atoms with van der Waals surface area (Å²) in [6, 6.07) is 0. The van der Waals surface area contributed by atoms with E-state index in [1.165, 1.54) is 0 Å². The van der Waals surface area contributed by atoms with Crippen molar-refractivity contribution in [1.82, 2.24) is 4.90 Å². The second kappa shape index (κ2) is 19.0. The third-order valence-electron chi connectivity index (χ3n) is 6.53. The van der Waals surface area contributed by atoms with E-state index in [4.69, 9.17) is 4.74 Å². The summed E-state index contributed by atoms with van der Waals surface area (Å²) in [5.41, 5.74) is 0. The van der Waals surface area contributed by atoms with Gasteiger partial charge in [-0.3, -0.25) is 9.69 Å². The Kier molecular flexibility index (Phi) is 18.9. The molecule has 0 saturated heterocycles. The average Bonchev–Trinajstić information content (AvgIpc) is 3.02. The van der Waals surface area contributed by atoms with E-state index >= 15 is 0 Å². The van der Waals surface area contributed by atoms with E-state index in [9.17, 15) is 20.1 Å². The first kappa shape index (κ1) is 32.8. The van der Waals surface area contributed by atoms with Gasteiger partial charge in [0.15, 0.2) is 6.23 Å². The number of aliphatic hydroxyl groups is 3. The molecule has 6 atom stereocenters. The topological polar surface area (TPSA) is 90.2 Å². The number of aliphatic hydroxyl groups excluding tert-OH is 3. The number of rotatable bonds is 16. The van der Waals surface area contributed by atoms with Crippen LogP contribution in [0.4, 0.5) is 0 Å². The van der Waals surface area contributed by atoms with Gasteiger partial charge in [0.05, 0.1) is 18.3 Å². The molecule has 0 heterocycles. The second-order valence-corrected chi connectivity index (χ2v) is 8.97. The molecule has 0 radical (unpaired) electrons. The predicted molar refractivity (Wildman–Crippen MR) is 136 cm³/mol. The fourth-order valence-electron chi connectivity index (χ4n) is 4.46. The zero-order chi connectivity index (χ0) is 23.9. The normalized spacial score (nSPS) is 25.0. The van der Waals surface area contributed by atoms with Gasteiger partial charge in [0.2, 0.25) is 0 Å². The standard InChI is InChI=1S/C26H47NO5.Na.H/c1-5-8-11-14-21(28)17-18-23-22(24(29)19-25(23)30)15-12-9-10-13-16-26(31)32-20(4)27(6-2)7-3;;/h9,12,17-18,20-25,28-30H,5-8,10-11,13-16,19H2,1-4H3;;/b12-9+,18-17+;;/t20?,21?,22-,23-,24?,25?;;/m1../s1. The van der Waals surface area contributed by atoms with Gasteiger partial charge in [-0.05, 0) is 51.6 Å². The Bertz CT molecular complexity index is 567. The van der Waals surface area contributed by atoms with E-state index in [-0.39, 0.29) is 53.6 Å². The summed E-state index contributed by atoms with van der Waals surface area (Å²) in [6.07, 6.45) is 12.8. The first-order valence-electron chi connectivity index (χ1n) is 12.6. The van der Waals surface area contributed by atoms with Crippen molar-refractivity contribution in [2.24, 2.45) is 11.8 Å². The summed E-state index contributed by atoms with van der Waals surface area (Å²) in [6.45, 7) is 9.84. The molecule has 33 heavy (non-hydrogen) atoms. The molecule has 1 fully saturated rings. The summed E-state index contributed by atoms with van der Waals surface area (Å²) in [7, 11) is 0. The fraction of sp³-hybridized carbons (Fsp3) is 0.808. The Morgan fingerprint density at radius 1 is 1.09 bits per heavy atom. The first-order chi connectivity index (χ1) is 15.3. The van der Waals surface area contributed by atoms with Crippen LogP contribution in [0.5, 0.6) is 0 Å². The van der Waals surface area contributed by atoms with Gasteiger partial charge in [-0.15, -0.1) is 0 Å². The number of allylic oxidation sites excluding steroid dienone is 2. The van der Waals surface area contributed by atoms with Gasteiger partial charge in [0, 0.05) is 18.8 Å². The number of unbranched alkanes of at least 4 members (excludes halogenated alkanes) is 3. The van der Waals surface area contributed by atoms with Crippen molar-refractivity contribution in [2.45, 2.75) is 110 Å². The molecule has 0 aliphatic heterocycles. The van der Waals surface area contributed by atoms with Crippen LogP contribution in [0.15, 0.2) is 24.3 Å². The van der Waals surface area contributed by atoms with Crippen LogP contribution in [0, 0.1) is 11.8 Å². The average molecular weight is 478 g/mol. The molecule has 1 aliphatic carbocycles. The van der Waals surface area contributed by atoms with E-state index < -0.39 is 18.3 Å². The quantitative estimate of drug-likeness (QED) is 0.104. The van der Waals surface area contributed by atoms with E-state index in [1.807, 2.05) is 25.2 Å². The van der Waals surface area contributed by atoms with Crippen LogP contribution in [-0.4, -0.2) is 93.4 Å². The molecular formula is C26H48NNaO5. The van der Waals surface area contributed by atoms with Crippen LogP contribution in [0.1, 0.15) is 85.5 Å². The number of carbonyl (C=O) groups is 1. The summed E-state index contributed by atoms with van der Waals surface area (Å²) in [4.78, 5) is 14.1. The Labute approximate surface area is 223 Å². The Balaban J connectivity index is 0.0000102. The third-order valence-corrected chi connectivity index (χ3v) is 6.53. The molecule has 1 aliphatic rings. The van der Waals surface area contributed by atoms with Crippen molar-refractivity contribution in [3.63, 3.8) is 0 Å². The van der Waals surface area contributed by atoms with E-state index in [1.54, 1.807) is 6.08 Å². The number of carbonyl (C=O) groups excluding carboxylic acids is 1. The molecule has 0 amide bonds. The van der Waals surface area contributed by atoms with Gasteiger partial charge in [0.1, 0.15) is 0 Å². The molecule has 4 unspecified atom stereocenters. The van der Waals surface area contributed by atoms with Crippen LogP contribution >= 0.6 is 0 Å². The molecule has 188 valence electrons. The molecule has 6 nitrogen and oxygen atoms in total. The molecular weight excluding hydrogens is 429 g/mol. The maximum absolute atomic E-state index is 12.0. The van der Waals surface area contributed by atoms with Gasteiger partial charge < -0.3 is 20.1 Å². The molecule has 7 heteroatoms. The summed E-state index contributed by atoms with van der Waals surface area (Å²) in [5.74, 6) is -0.373. The third kappa shape index (κ3) is 12.9. The Morgan fingerprint density at radius 3 is 2.42 bits per heavy atom. The van der Waals surface area contributed by atoms with Crippen LogP contribution in [-0.2, 0) is 9.53 Å². The maximum atomic E-state index is 12.0. The van der Waals surface area contributed by atoms with E-state index in [2.05, 4.69) is 25.7 Å². The van der Waals surface area contributed by atoms with Crippen LogP contribution in [0.25, 0.3) is 0 Å². The van der Waals surface area contributed by atoms with Crippen LogP contribution in [0.2, 0.25) is 0 Å². The van der Waals surface area contributed by atoms with E-state index in [0.717, 1.165) is 51.6 Å². The van der Waals surface area contributed by atoms with E-state index in [0.29, 0.717) is 19.3 Å². The summed E-state index contributed by atoms with van der Waals surface area (Å²) < 4.78 is 5.47. The number of hydrogen-bond acceptors (Lipinski definition) is 6. The monoisotopic (exact) mass is 477 g/mol. The number of nitrogens with zero attached hydrogens (tertiary/aromatic N) is 1. The second-order valence-electron chi connectivity index (χ2n) is 8.97. The fourth-order valence-corrected chi connectivity index (χ4v) is 4.46. The van der Waals surface area contributed by atoms with Crippen molar-refractivity contribution >= 4 is 35.5 Å². The van der Waals surface area contributed by atoms with Crippen LogP contribution in [0.3, 0.4) is 0 Å². The Morgan fingerprint density at radius 2 is 1.79 bits per heavy atom. The molecule has 3 N–H and O–H groups in total. The first-order valence-corrected chi connectivity index (χ1v) is 12.6. The van der Waals surface area contributed by atoms with Crippen molar-refractivity contribution < 1.29 is 24.9 Å². The van der Waals surface area contributed by atoms with Crippen molar-refractivity contribution in [2.75, 3.05) is 13.1 Å². The zero-order valence-electron chi connectivity index (χ0n) is 20.7. The van der Waals surface area contributed by atoms with Gasteiger partial charge in [-0.2, -0.15) is 0 Å². The van der Waals surface area contributed by atoms with Crippen molar-refractivity contribution in [3.8, 4) is 0 Å². The molecule has 1 saturated carbocycles. The SMILES string of the molecule is CCCCCC(O)/C=C/[C@H]1C(O)CC(O)[C@@H]1C/C=C/CCCC(=O)OC(C)N(CC)CC.[NaH]. The van der Waals surface area contributed by atoms with Crippen molar-refractivity contribution in [3.05, 3.63) is 24.3 Å². The Hall–Kier alpha value is -0.210. The van der Waals surface area contributed by atoms with Gasteiger partial charge in [-0.25, -0.2) is 0 Å². The molecule has 0 aromatic heterocycles. The minimum absolute atomic E-state index is 0. The molecule has 0 spiro atoms. The summed E-state index contributed by atoms with van der Waals surface area (Å²) in [5, 5.41) is 30.8. The minimum atomic E-state index is -0.579. The van der Waals surface area contributed by atoms with Crippen molar-refractivity contribution in [1.29, 1.82) is 0 Å². The number of hydrogen-bond donors (Lipinski definition) is 3. The number of esters is 1. The van der Waals surface area contributed by atoms with Crippen LogP contribution < -0.4 is 0 Å². The molecule has 1 rings (SSSR count). The summed E-state index contributed by atoms with van der Waals surface area (Å²) >= 11 is 0. The molecule has 0 aromatic rings.